The zero-order valence-electron chi connectivity index (χ0n) is 10.3. The molecule has 0 saturated carbocycles. The number of hydrogen-bond acceptors (Lipinski definition) is 0. The molecule has 0 spiro atoms. The Bertz CT molecular complexity index is 105. The van der Waals surface area contributed by atoms with Crippen LogP contribution in [0.2, 0.25) is 0 Å². The Morgan fingerprint density at radius 1 is 0.769 bits per heavy atom. The Kier molecular flexibility index (Phi) is 7.41. The highest BCUT2D eigenvalue weighted by atomic mass is 14.1. The molecule has 13 heavy (non-hydrogen) atoms. The van der Waals surface area contributed by atoms with Crippen LogP contribution in [0.1, 0.15) is 66.7 Å². The molecule has 0 aliphatic rings. The molecule has 0 aromatic heterocycles. The topological polar surface area (TPSA) is 0 Å². The molecule has 0 fully saturated rings. The van der Waals surface area contributed by atoms with Crippen molar-refractivity contribution >= 4 is 0 Å². The van der Waals surface area contributed by atoms with Gasteiger partial charge in [-0.25, -0.2) is 0 Å². The van der Waals surface area contributed by atoms with E-state index >= 15 is 0 Å². The molecule has 0 amide bonds. The maximum Gasteiger partial charge on any atom is -0.0440 e. The molecule has 0 heterocycles. The minimum absolute atomic E-state index is 0.879. The van der Waals surface area contributed by atoms with Crippen LogP contribution in [-0.2, 0) is 0 Å². The van der Waals surface area contributed by atoms with Crippen molar-refractivity contribution in [3.05, 3.63) is 0 Å². The van der Waals surface area contributed by atoms with E-state index in [0.717, 1.165) is 17.8 Å². The van der Waals surface area contributed by atoms with Crippen molar-refractivity contribution in [3.63, 3.8) is 0 Å². The first-order chi connectivity index (χ1) is 6.06. The van der Waals surface area contributed by atoms with Gasteiger partial charge >= 0.3 is 0 Å². The van der Waals surface area contributed by atoms with Crippen molar-refractivity contribution < 1.29 is 0 Å². The van der Waals surface area contributed by atoms with E-state index in [-0.39, 0.29) is 0 Å². The Morgan fingerprint density at radius 3 is 1.77 bits per heavy atom. The van der Waals surface area contributed by atoms with Crippen LogP contribution < -0.4 is 0 Å². The summed E-state index contributed by atoms with van der Waals surface area (Å²) in [6.45, 7) is 11.7. The summed E-state index contributed by atoms with van der Waals surface area (Å²) >= 11 is 0. The second-order valence-electron chi connectivity index (χ2n) is 5.21. The normalized spacial score (nSPS) is 16.2. The first kappa shape index (κ1) is 13.0. The highest BCUT2D eigenvalue weighted by molar-refractivity contribution is 4.60. The van der Waals surface area contributed by atoms with E-state index in [2.05, 4.69) is 34.6 Å². The molecule has 0 rings (SSSR count). The van der Waals surface area contributed by atoms with Gasteiger partial charge in [0.15, 0.2) is 0 Å². The van der Waals surface area contributed by atoms with Crippen molar-refractivity contribution in [2.24, 2.45) is 17.8 Å². The smallest absolute Gasteiger partial charge is 0.0440 e. The van der Waals surface area contributed by atoms with E-state index in [1.807, 2.05) is 0 Å². The minimum Gasteiger partial charge on any atom is -0.0654 e. The summed E-state index contributed by atoms with van der Waals surface area (Å²) in [6.07, 6.45) is 7.01. The van der Waals surface area contributed by atoms with E-state index in [4.69, 9.17) is 0 Å². The Hall–Kier alpha value is 0. The van der Waals surface area contributed by atoms with Crippen molar-refractivity contribution in [2.45, 2.75) is 66.7 Å². The monoisotopic (exact) mass is 184 g/mol. The second kappa shape index (κ2) is 7.41. The summed E-state index contributed by atoms with van der Waals surface area (Å²) in [5, 5.41) is 0. The summed E-state index contributed by atoms with van der Waals surface area (Å²) in [6, 6.07) is 0. The molecule has 0 aliphatic carbocycles. The molecule has 0 heteroatoms. The lowest BCUT2D eigenvalue weighted by molar-refractivity contribution is 0.353. The van der Waals surface area contributed by atoms with Crippen molar-refractivity contribution in [1.82, 2.24) is 0 Å². The third kappa shape index (κ3) is 8.33. The average molecular weight is 184 g/mol. The fraction of sp³-hybridized carbons (Fsp3) is 1.00. The second-order valence-corrected chi connectivity index (χ2v) is 5.21. The highest BCUT2D eigenvalue weighted by Crippen LogP contribution is 2.21. The molecule has 0 N–H and O–H groups in total. The summed E-state index contributed by atoms with van der Waals surface area (Å²) < 4.78 is 0. The van der Waals surface area contributed by atoms with Gasteiger partial charge in [-0.2, -0.15) is 0 Å². The van der Waals surface area contributed by atoms with Gasteiger partial charge in [-0.3, -0.25) is 0 Å². The van der Waals surface area contributed by atoms with Gasteiger partial charge in [-0.05, 0) is 24.2 Å². The SMILES string of the molecule is CCCC(C)CC(C)CCC(C)C. The fourth-order valence-corrected chi connectivity index (χ4v) is 2.03. The summed E-state index contributed by atoms with van der Waals surface area (Å²) in [4.78, 5) is 0. The zero-order chi connectivity index (χ0) is 10.3. The van der Waals surface area contributed by atoms with Crippen LogP contribution in [0.4, 0.5) is 0 Å². The van der Waals surface area contributed by atoms with Crippen LogP contribution in [0, 0.1) is 17.8 Å². The fourth-order valence-electron chi connectivity index (χ4n) is 2.03. The molecule has 0 nitrogen and oxygen atoms in total. The lowest BCUT2D eigenvalue weighted by Gasteiger charge is -2.17. The molecule has 0 radical (unpaired) electrons. The predicted molar refractivity (Wildman–Crippen MR) is 61.9 cm³/mol. The lowest BCUT2D eigenvalue weighted by Crippen LogP contribution is -2.04. The maximum atomic E-state index is 2.41. The Morgan fingerprint density at radius 2 is 1.31 bits per heavy atom. The van der Waals surface area contributed by atoms with Gasteiger partial charge in [0.2, 0.25) is 0 Å². The van der Waals surface area contributed by atoms with Crippen LogP contribution in [0.3, 0.4) is 0 Å². The van der Waals surface area contributed by atoms with Crippen LogP contribution in [0.5, 0.6) is 0 Å². The molecule has 0 bridgehead atoms. The third-order valence-electron chi connectivity index (χ3n) is 2.82. The zero-order valence-corrected chi connectivity index (χ0v) is 10.3. The predicted octanol–water partition coefficient (Wildman–Crippen LogP) is 4.89. The lowest BCUT2D eigenvalue weighted by atomic mass is 9.89. The van der Waals surface area contributed by atoms with Crippen LogP contribution in [0.25, 0.3) is 0 Å². The van der Waals surface area contributed by atoms with Crippen LogP contribution >= 0.6 is 0 Å². The van der Waals surface area contributed by atoms with Gasteiger partial charge in [0, 0.05) is 0 Å². The van der Waals surface area contributed by atoms with Gasteiger partial charge in [0.1, 0.15) is 0 Å². The summed E-state index contributed by atoms with van der Waals surface area (Å²) in [5.74, 6) is 2.75. The third-order valence-corrected chi connectivity index (χ3v) is 2.82. The molecule has 0 saturated heterocycles. The molecule has 2 atom stereocenters. The van der Waals surface area contributed by atoms with Gasteiger partial charge in [-0.15, -0.1) is 0 Å². The van der Waals surface area contributed by atoms with E-state index < -0.39 is 0 Å². The first-order valence-electron chi connectivity index (χ1n) is 6.06. The Balaban J connectivity index is 3.43. The van der Waals surface area contributed by atoms with E-state index in [0.29, 0.717) is 0 Å². The van der Waals surface area contributed by atoms with E-state index in [1.165, 1.54) is 32.1 Å². The number of rotatable bonds is 7. The molecule has 0 aromatic rings. The maximum absolute atomic E-state index is 2.41. The highest BCUT2D eigenvalue weighted by Gasteiger charge is 2.08. The molecule has 0 aromatic carbocycles. The molecular weight excluding hydrogens is 156 g/mol. The average Bonchev–Trinajstić information content (AvgIpc) is 2.01. The standard InChI is InChI=1S/C13H28/c1-6-7-12(4)10-13(5)9-8-11(2)3/h11-13H,6-10H2,1-5H3. The van der Waals surface area contributed by atoms with Gasteiger partial charge in [-0.1, -0.05) is 60.3 Å². The van der Waals surface area contributed by atoms with Gasteiger partial charge in [0.25, 0.3) is 0 Å². The van der Waals surface area contributed by atoms with E-state index in [1.54, 1.807) is 0 Å². The Labute approximate surface area is 85.1 Å². The minimum atomic E-state index is 0.879. The molecule has 2 unspecified atom stereocenters. The molecular formula is C13H28. The van der Waals surface area contributed by atoms with Crippen molar-refractivity contribution in [3.8, 4) is 0 Å². The largest absolute Gasteiger partial charge is 0.0654 e. The van der Waals surface area contributed by atoms with E-state index in [9.17, 15) is 0 Å². The molecule has 80 valence electrons. The van der Waals surface area contributed by atoms with Gasteiger partial charge < -0.3 is 0 Å². The van der Waals surface area contributed by atoms with Crippen molar-refractivity contribution in [2.75, 3.05) is 0 Å². The van der Waals surface area contributed by atoms with Crippen LogP contribution in [0.15, 0.2) is 0 Å². The summed E-state index contributed by atoms with van der Waals surface area (Å²) in [5.41, 5.74) is 0. The van der Waals surface area contributed by atoms with Crippen LogP contribution in [-0.4, -0.2) is 0 Å². The first-order valence-corrected chi connectivity index (χ1v) is 6.06. The number of hydrogen-bond donors (Lipinski definition) is 0. The quantitative estimate of drug-likeness (QED) is 0.528. The van der Waals surface area contributed by atoms with Gasteiger partial charge in [0.05, 0.1) is 0 Å². The molecule has 0 aliphatic heterocycles. The summed E-state index contributed by atoms with van der Waals surface area (Å²) in [7, 11) is 0. The van der Waals surface area contributed by atoms with Crippen molar-refractivity contribution in [1.29, 1.82) is 0 Å².